The fourth-order valence-corrected chi connectivity index (χ4v) is 2.62. The maximum atomic E-state index is 8.31. The van der Waals surface area contributed by atoms with Crippen molar-refractivity contribution in [3.8, 4) is 11.1 Å². The van der Waals surface area contributed by atoms with Gasteiger partial charge in [0.05, 0.1) is 13.2 Å². The Morgan fingerprint density at radius 1 is 1.09 bits per heavy atom. The molecule has 114 valence electrons. The van der Waals surface area contributed by atoms with Crippen molar-refractivity contribution in [3.05, 3.63) is 54.1 Å². The van der Waals surface area contributed by atoms with Crippen LogP contribution in [0.4, 0.5) is 5.69 Å². The molecule has 3 rings (SSSR count). The highest BCUT2D eigenvalue weighted by molar-refractivity contribution is 5.96. The largest absolute Gasteiger partial charge is 0.378 e. The number of guanidine groups is 1. The molecule has 1 fully saturated rings. The van der Waals surface area contributed by atoms with E-state index in [9.17, 15) is 0 Å². The molecule has 0 spiro atoms. The van der Waals surface area contributed by atoms with Crippen molar-refractivity contribution in [2.75, 3.05) is 31.6 Å². The number of anilines is 1. The van der Waals surface area contributed by atoms with Crippen LogP contribution in [0.5, 0.6) is 0 Å². The molecule has 4 heteroatoms. The topological polar surface area (TPSA) is 48.4 Å². The van der Waals surface area contributed by atoms with Gasteiger partial charge < -0.3 is 15.0 Å². The lowest BCUT2D eigenvalue weighted by Crippen LogP contribution is -2.43. The Morgan fingerprint density at radius 2 is 1.82 bits per heavy atom. The molecule has 22 heavy (non-hydrogen) atoms. The first-order chi connectivity index (χ1) is 10.7. The van der Waals surface area contributed by atoms with E-state index in [1.807, 2.05) is 23.1 Å². The van der Waals surface area contributed by atoms with Crippen LogP contribution in [0.1, 0.15) is 5.56 Å². The first-order valence-electron chi connectivity index (χ1n) is 7.58. The van der Waals surface area contributed by atoms with Crippen molar-refractivity contribution in [1.29, 1.82) is 5.41 Å². The standard InChI is InChI=1S/C18H21N3O/c1-14-7-8-16(15-5-3-2-4-6-15)17(13-14)20-18(19)21-9-11-22-12-10-21/h2-8,13H,9-12H2,1H3,(H2,19,20). The second-order valence-electron chi connectivity index (χ2n) is 5.49. The van der Waals surface area contributed by atoms with Crippen LogP contribution in [-0.2, 0) is 4.74 Å². The van der Waals surface area contributed by atoms with Gasteiger partial charge >= 0.3 is 0 Å². The SMILES string of the molecule is Cc1ccc(-c2ccccc2)c(NC(=N)N2CCOCC2)c1. The summed E-state index contributed by atoms with van der Waals surface area (Å²) < 4.78 is 5.35. The second kappa shape index (κ2) is 6.62. The van der Waals surface area contributed by atoms with Gasteiger partial charge in [0.15, 0.2) is 5.96 Å². The minimum absolute atomic E-state index is 0.436. The molecule has 1 saturated heterocycles. The van der Waals surface area contributed by atoms with Gasteiger partial charge in [-0.25, -0.2) is 0 Å². The zero-order chi connectivity index (χ0) is 15.4. The van der Waals surface area contributed by atoms with Crippen LogP contribution in [0.3, 0.4) is 0 Å². The third-order valence-electron chi connectivity index (χ3n) is 3.84. The predicted octanol–water partition coefficient (Wildman–Crippen LogP) is 3.34. The zero-order valence-corrected chi connectivity index (χ0v) is 12.8. The number of nitrogens with one attached hydrogen (secondary N) is 2. The molecule has 1 aliphatic rings. The summed E-state index contributed by atoms with van der Waals surface area (Å²) in [5, 5.41) is 11.6. The zero-order valence-electron chi connectivity index (χ0n) is 12.8. The Balaban J connectivity index is 1.86. The van der Waals surface area contributed by atoms with E-state index in [-0.39, 0.29) is 0 Å². The van der Waals surface area contributed by atoms with Gasteiger partial charge in [-0.2, -0.15) is 0 Å². The third kappa shape index (κ3) is 3.28. The number of hydrogen-bond donors (Lipinski definition) is 2. The average molecular weight is 295 g/mol. The van der Waals surface area contributed by atoms with Crippen molar-refractivity contribution in [2.45, 2.75) is 6.92 Å². The normalized spacial score (nSPS) is 14.7. The highest BCUT2D eigenvalue weighted by atomic mass is 16.5. The molecule has 4 nitrogen and oxygen atoms in total. The maximum absolute atomic E-state index is 8.31. The number of rotatable bonds is 2. The summed E-state index contributed by atoms with van der Waals surface area (Å²) in [5.41, 5.74) is 4.42. The van der Waals surface area contributed by atoms with Crippen LogP contribution in [0.15, 0.2) is 48.5 Å². The first kappa shape index (κ1) is 14.6. The quantitative estimate of drug-likeness (QED) is 0.660. The second-order valence-corrected chi connectivity index (χ2v) is 5.49. The summed E-state index contributed by atoms with van der Waals surface area (Å²) in [6.07, 6.45) is 0. The van der Waals surface area contributed by atoms with E-state index in [1.54, 1.807) is 0 Å². The van der Waals surface area contributed by atoms with E-state index >= 15 is 0 Å². The van der Waals surface area contributed by atoms with Crippen molar-refractivity contribution < 1.29 is 4.74 Å². The Labute approximate surface area is 131 Å². The molecule has 2 aromatic rings. The van der Waals surface area contributed by atoms with Gasteiger partial charge in [-0.05, 0) is 24.1 Å². The number of nitrogens with zero attached hydrogens (tertiary/aromatic N) is 1. The van der Waals surface area contributed by atoms with E-state index in [4.69, 9.17) is 10.1 Å². The fourth-order valence-electron chi connectivity index (χ4n) is 2.62. The van der Waals surface area contributed by atoms with Crippen molar-refractivity contribution >= 4 is 11.6 Å². The molecule has 0 unspecified atom stereocenters. The summed E-state index contributed by atoms with van der Waals surface area (Å²) in [7, 11) is 0. The van der Waals surface area contributed by atoms with Gasteiger partial charge in [0.25, 0.3) is 0 Å². The molecule has 0 bridgehead atoms. The molecular weight excluding hydrogens is 274 g/mol. The minimum atomic E-state index is 0.436. The molecule has 0 amide bonds. The van der Waals surface area contributed by atoms with Gasteiger partial charge in [-0.15, -0.1) is 0 Å². The summed E-state index contributed by atoms with van der Waals surface area (Å²) in [4.78, 5) is 2.01. The molecular formula is C18H21N3O. The van der Waals surface area contributed by atoms with Crippen molar-refractivity contribution in [2.24, 2.45) is 0 Å². The Morgan fingerprint density at radius 3 is 2.55 bits per heavy atom. The van der Waals surface area contributed by atoms with Crippen LogP contribution < -0.4 is 5.32 Å². The van der Waals surface area contributed by atoms with Crippen LogP contribution in [0.2, 0.25) is 0 Å². The number of morpholine rings is 1. The van der Waals surface area contributed by atoms with Crippen LogP contribution in [-0.4, -0.2) is 37.2 Å². The third-order valence-corrected chi connectivity index (χ3v) is 3.84. The summed E-state index contributed by atoms with van der Waals surface area (Å²) in [6, 6.07) is 16.6. The van der Waals surface area contributed by atoms with E-state index < -0.39 is 0 Å². The van der Waals surface area contributed by atoms with Crippen molar-refractivity contribution in [1.82, 2.24) is 4.90 Å². The van der Waals surface area contributed by atoms with Crippen molar-refractivity contribution in [3.63, 3.8) is 0 Å². The monoisotopic (exact) mass is 295 g/mol. The molecule has 0 aliphatic carbocycles. The van der Waals surface area contributed by atoms with Gasteiger partial charge in [-0.1, -0.05) is 42.5 Å². The van der Waals surface area contributed by atoms with E-state index in [0.29, 0.717) is 19.2 Å². The van der Waals surface area contributed by atoms with E-state index in [2.05, 4.69) is 42.6 Å². The lowest BCUT2D eigenvalue weighted by molar-refractivity contribution is 0.0677. The van der Waals surface area contributed by atoms with Crippen LogP contribution in [0.25, 0.3) is 11.1 Å². The molecule has 0 radical (unpaired) electrons. The lowest BCUT2D eigenvalue weighted by Gasteiger charge is -2.29. The molecule has 0 saturated carbocycles. The highest BCUT2D eigenvalue weighted by Gasteiger charge is 2.15. The molecule has 1 heterocycles. The molecule has 2 N–H and O–H groups in total. The summed E-state index contributed by atoms with van der Waals surface area (Å²) >= 11 is 0. The fraction of sp³-hybridized carbons (Fsp3) is 0.278. The molecule has 0 aromatic heterocycles. The van der Waals surface area contributed by atoms with Gasteiger partial charge in [-0.3, -0.25) is 5.41 Å². The Bertz CT molecular complexity index is 649. The molecule has 2 aromatic carbocycles. The number of benzene rings is 2. The first-order valence-corrected chi connectivity index (χ1v) is 7.58. The number of aryl methyl sites for hydroxylation is 1. The Kier molecular flexibility index (Phi) is 4.39. The maximum Gasteiger partial charge on any atom is 0.195 e. The number of ether oxygens (including phenoxy) is 1. The van der Waals surface area contributed by atoms with Gasteiger partial charge in [0, 0.05) is 24.3 Å². The van der Waals surface area contributed by atoms with E-state index in [0.717, 1.165) is 29.9 Å². The average Bonchev–Trinajstić information content (AvgIpc) is 2.56. The summed E-state index contributed by atoms with van der Waals surface area (Å²) in [5.74, 6) is 0.436. The highest BCUT2D eigenvalue weighted by Crippen LogP contribution is 2.29. The molecule has 1 aliphatic heterocycles. The summed E-state index contributed by atoms with van der Waals surface area (Å²) in [6.45, 7) is 4.96. The van der Waals surface area contributed by atoms with Crippen LogP contribution in [0, 0.1) is 12.3 Å². The Hall–Kier alpha value is -2.33. The number of hydrogen-bond acceptors (Lipinski definition) is 2. The van der Waals surface area contributed by atoms with Gasteiger partial charge in [0.2, 0.25) is 0 Å². The minimum Gasteiger partial charge on any atom is -0.378 e. The molecule has 0 atom stereocenters. The smallest absolute Gasteiger partial charge is 0.195 e. The van der Waals surface area contributed by atoms with E-state index in [1.165, 1.54) is 5.56 Å². The lowest BCUT2D eigenvalue weighted by atomic mass is 10.0. The predicted molar refractivity (Wildman–Crippen MR) is 90.4 cm³/mol. The van der Waals surface area contributed by atoms with Crippen LogP contribution >= 0.6 is 0 Å². The van der Waals surface area contributed by atoms with Gasteiger partial charge in [0.1, 0.15) is 0 Å².